The van der Waals surface area contributed by atoms with E-state index in [4.69, 9.17) is 15.2 Å². The molecule has 0 atom stereocenters. The molecule has 4 nitrogen and oxygen atoms in total. The maximum absolute atomic E-state index is 11.8. The minimum Gasteiger partial charge on any atom is -0.462 e. The lowest BCUT2D eigenvalue weighted by atomic mass is 10.0. The lowest BCUT2D eigenvalue weighted by Crippen LogP contribution is -2.22. The van der Waals surface area contributed by atoms with Crippen molar-refractivity contribution in [2.24, 2.45) is 5.92 Å². The number of rotatable bonds is 3. The molecule has 1 saturated heterocycles. The van der Waals surface area contributed by atoms with E-state index < -0.39 is 0 Å². The second-order valence-corrected chi connectivity index (χ2v) is 4.24. The van der Waals surface area contributed by atoms with E-state index in [0.717, 1.165) is 26.1 Å². The quantitative estimate of drug-likeness (QED) is 0.641. The van der Waals surface area contributed by atoms with Gasteiger partial charge in [-0.05, 0) is 30.9 Å². The Kier molecular flexibility index (Phi) is 3.98. The Labute approximate surface area is 101 Å². The van der Waals surface area contributed by atoms with E-state index in [1.165, 1.54) is 0 Å². The smallest absolute Gasteiger partial charge is 0.340 e. The standard InChI is InChI=1S/C13H17NO3/c14-12-4-2-1-3-11(12)13(15)17-9-10-5-7-16-8-6-10/h1-4,10H,5-9,14H2. The first-order chi connectivity index (χ1) is 8.27. The van der Waals surface area contributed by atoms with Gasteiger partial charge in [0.15, 0.2) is 0 Å². The summed E-state index contributed by atoms with van der Waals surface area (Å²) in [7, 11) is 0. The monoisotopic (exact) mass is 235 g/mol. The van der Waals surface area contributed by atoms with Crippen molar-refractivity contribution in [1.29, 1.82) is 0 Å². The number of benzene rings is 1. The number of hydrogen-bond acceptors (Lipinski definition) is 4. The molecule has 17 heavy (non-hydrogen) atoms. The number of para-hydroxylation sites is 1. The van der Waals surface area contributed by atoms with Crippen molar-refractivity contribution in [2.45, 2.75) is 12.8 Å². The fourth-order valence-electron chi connectivity index (χ4n) is 1.87. The summed E-state index contributed by atoms with van der Waals surface area (Å²) in [5, 5.41) is 0. The van der Waals surface area contributed by atoms with E-state index in [1.54, 1.807) is 24.3 Å². The summed E-state index contributed by atoms with van der Waals surface area (Å²) >= 11 is 0. The Balaban J connectivity index is 1.87. The third kappa shape index (κ3) is 3.20. The summed E-state index contributed by atoms with van der Waals surface area (Å²) in [5.41, 5.74) is 6.62. The van der Waals surface area contributed by atoms with Gasteiger partial charge >= 0.3 is 5.97 Å². The van der Waals surface area contributed by atoms with Gasteiger partial charge in [-0.25, -0.2) is 4.79 Å². The van der Waals surface area contributed by atoms with Crippen LogP contribution in [0.5, 0.6) is 0 Å². The molecule has 92 valence electrons. The van der Waals surface area contributed by atoms with Crippen molar-refractivity contribution in [2.75, 3.05) is 25.6 Å². The average molecular weight is 235 g/mol. The molecule has 0 aromatic heterocycles. The van der Waals surface area contributed by atoms with Crippen LogP contribution in [0.4, 0.5) is 5.69 Å². The third-order valence-electron chi connectivity index (χ3n) is 2.97. The fourth-order valence-corrected chi connectivity index (χ4v) is 1.87. The summed E-state index contributed by atoms with van der Waals surface area (Å²) in [6.07, 6.45) is 1.91. The topological polar surface area (TPSA) is 61.6 Å². The van der Waals surface area contributed by atoms with Crippen molar-refractivity contribution in [1.82, 2.24) is 0 Å². The number of ether oxygens (including phenoxy) is 2. The lowest BCUT2D eigenvalue weighted by Gasteiger charge is -2.21. The predicted octanol–water partition coefficient (Wildman–Crippen LogP) is 1.85. The van der Waals surface area contributed by atoms with Gasteiger partial charge in [0.1, 0.15) is 0 Å². The summed E-state index contributed by atoms with van der Waals surface area (Å²) in [4.78, 5) is 11.8. The Morgan fingerprint density at radius 3 is 2.76 bits per heavy atom. The molecule has 0 saturated carbocycles. The minimum atomic E-state index is -0.338. The molecule has 0 amide bonds. The number of hydrogen-bond donors (Lipinski definition) is 1. The summed E-state index contributed by atoms with van der Waals surface area (Å²) in [6, 6.07) is 6.96. The minimum absolute atomic E-state index is 0.338. The van der Waals surface area contributed by atoms with Gasteiger partial charge in [-0.15, -0.1) is 0 Å². The molecule has 1 fully saturated rings. The molecule has 2 rings (SSSR count). The Bertz CT molecular complexity index is 386. The average Bonchev–Trinajstić information content (AvgIpc) is 2.38. The van der Waals surface area contributed by atoms with Crippen LogP contribution in [-0.2, 0) is 9.47 Å². The van der Waals surface area contributed by atoms with Crippen LogP contribution in [0.2, 0.25) is 0 Å². The van der Waals surface area contributed by atoms with Gasteiger partial charge in [-0.1, -0.05) is 12.1 Å². The van der Waals surface area contributed by atoms with Crippen molar-refractivity contribution in [3.63, 3.8) is 0 Å². The first-order valence-corrected chi connectivity index (χ1v) is 5.87. The summed E-state index contributed by atoms with van der Waals surface area (Å²) < 4.78 is 10.5. The Morgan fingerprint density at radius 1 is 1.35 bits per heavy atom. The molecule has 1 aliphatic heterocycles. The number of nitrogen functional groups attached to an aromatic ring is 1. The number of carbonyl (C=O) groups is 1. The van der Waals surface area contributed by atoms with Crippen LogP contribution in [0.15, 0.2) is 24.3 Å². The van der Waals surface area contributed by atoms with Crippen LogP contribution in [-0.4, -0.2) is 25.8 Å². The molecule has 0 bridgehead atoms. The highest BCUT2D eigenvalue weighted by Gasteiger charge is 2.17. The Hall–Kier alpha value is -1.55. The van der Waals surface area contributed by atoms with E-state index >= 15 is 0 Å². The van der Waals surface area contributed by atoms with Gasteiger partial charge in [0.25, 0.3) is 0 Å². The zero-order chi connectivity index (χ0) is 12.1. The molecule has 1 aromatic rings. The fraction of sp³-hybridized carbons (Fsp3) is 0.462. The van der Waals surface area contributed by atoms with Gasteiger partial charge in [-0.2, -0.15) is 0 Å². The van der Waals surface area contributed by atoms with Gasteiger partial charge in [0.2, 0.25) is 0 Å². The highest BCUT2D eigenvalue weighted by atomic mass is 16.5. The number of carbonyl (C=O) groups excluding carboxylic acids is 1. The molecule has 4 heteroatoms. The Morgan fingerprint density at radius 2 is 2.06 bits per heavy atom. The maximum atomic E-state index is 11.8. The van der Waals surface area contributed by atoms with Crippen molar-refractivity contribution in [3.8, 4) is 0 Å². The normalized spacial score (nSPS) is 16.7. The molecule has 1 heterocycles. The van der Waals surface area contributed by atoms with E-state index in [9.17, 15) is 4.79 Å². The van der Waals surface area contributed by atoms with Gasteiger partial charge < -0.3 is 15.2 Å². The van der Waals surface area contributed by atoms with Crippen molar-refractivity contribution < 1.29 is 14.3 Å². The van der Waals surface area contributed by atoms with E-state index in [-0.39, 0.29) is 5.97 Å². The summed E-state index contributed by atoms with van der Waals surface area (Å²) in [5.74, 6) is 0.0761. The largest absolute Gasteiger partial charge is 0.462 e. The van der Waals surface area contributed by atoms with Crippen LogP contribution < -0.4 is 5.73 Å². The highest BCUT2D eigenvalue weighted by molar-refractivity contribution is 5.94. The number of nitrogens with two attached hydrogens (primary N) is 1. The van der Waals surface area contributed by atoms with E-state index in [0.29, 0.717) is 23.8 Å². The van der Waals surface area contributed by atoms with Crippen molar-refractivity contribution >= 4 is 11.7 Å². The van der Waals surface area contributed by atoms with Gasteiger partial charge in [-0.3, -0.25) is 0 Å². The summed E-state index contributed by atoms with van der Waals surface area (Å²) in [6.45, 7) is 1.97. The molecule has 1 aromatic carbocycles. The van der Waals surface area contributed by atoms with E-state index in [1.807, 2.05) is 0 Å². The van der Waals surface area contributed by atoms with Crippen LogP contribution in [0, 0.1) is 5.92 Å². The zero-order valence-corrected chi connectivity index (χ0v) is 9.72. The first kappa shape index (κ1) is 11.9. The second-order valence-electron chi connectivity index (χ2n) is 4.24. The molecule has 0 unspecified atom stereocenters. The molecule has 0 radical (unpaired) electrons. The molecule has 2 N–H and O–H groups in total. The van der Waals surface area contributed by atoms with Crippen molar-refractivity contribution in [3.05, 3.63) is 29.8 Å². The van der Waals surface area contributed by atoms with Gasteiger partial charge in [0, 0.05) is 18.9 Å². The third-order valence-corrected chi connectivity index (χ3v) is 2.97. The second kappa shape index (κ2) is 5.68. The van der Waals surface area contributed by atoms with Crippen LogP contribution >= 0.6 is 0 Å². The molecule has 0 aliphatic carbocycles. The molecular weight excluding hydrogens is 218 g/mol. The maximum Gasteiger partial charge on any atom is 0.340 e. The molecular formula is C13H17NO3. The van der Waals surface area contributed by atoms with Crippen LogP contribution in [0.1, 0.15) is 23.2 Å². The number of esters is 1. The lowest BCUT2D eigenvalue weighted by molar-refractivity contribution is 0.0186. The first-order valence-electron chi connectivity index (χ1n) is 5.87. The molecule has 1 aliphatic rings. The SMILES string of the molecule is Nc1ccccc1C(=O)OCC1CCOCC1. The number of anilines is 1. The van der Waals surface area contributed by atoms with E-state index in [2.05, 4.69) is 0 Å². The van der Waals surface area contributed by atoms with Gasteiger partial charge in [0.05, 0.1) is 12.2 Å². The molecule has 0 spiro atoms. The zero-order valence-electron chi connectivity index (χ0n) is 9.72. The highest BCUT2D eigenvalue weighted by Crippen LogP contribution is 2.17. The van der Waals surface area contributed by atoms with Crippen LogP contribution in [0.3, 0.4) is 0 Å². The van der Waals surface area contributed by atoms with Crippen LogP contribution in [0.25, 0.3) is 0 Å². The predicted molar refractivity (Wildman–Crippen MR) is 64.7 cm³/mol.